The van der Waals surface area contributed by atoms with E-state index in [1.54, 1.807) is 19.2 Å². The van der Waals surface area contributed by atoms with Crippen molar-refractivity contribution in [1.29, 1.82) is 0 Å². The zero-order chi connectivity index (χ0) is 17.9. The molecule has 134 valence electrons. The molecule has 0 saturated carbocycles. The Morgan fingerprint density at radius 2 is 2.04 bits per heavy atom. The second-order valence-electron chi connectivity index (χ2n) is 6.47. The van der Waals surface area contributed by atoms with E-state index in [0.29, 0.717) is 18.4 Å². The number of likely N-dealkylation sites (tertiary alicyclic amines) is 1. The largest absolute Gasteiger partial charge is 0.299 e. The van der Waals surface area contributed by atoms with Gasteiger partial charge in [0, 0.05) is 38.1 Å². The summed E-state index contributed by atoms with van der Waals surface area (Å²) in [4.78, 5) is 6.11. The van der Waals surface area contributed by atoms with Crippen LogP contribution in [0.2, 0.25) is 0 Å². The molecule has 0 radical (unpaired) electrons. The van der Waals surface area contributed by atoms with E-state index in [0.717, 1.165) is 25.2 Å². The third-order valence-corrected chi connectivity index (χ3v) is 5.95. The van der Waals surface area contributed by atoms with Crippen LogP contribution in [0.15, 0.2) is 47.6 Å². The van der Waals surface area contributed by atoms with Gasteiger partial charge in [0.2, 0.25) is 10.0 Å². The van der Waals surface area contributed by atoms with Gasteiger partial charge in [0.1, 0.15) is 10.7 Å². The van der Waals surface area contributed by atoms with Crippen molar-refractivity contribution in [3.63, 3.8) is 0 Å². The van der Waals surface area contributed by atoms with E-state index in [2.05, 4.69) is 14.6 Å². The van der Waals surface area contributed by atoms with E-state index in [1.807, 2.05) is 18.3 Å². The summed E-state index contributed by atoms with van der Waals surface area (Å²) in [6.07, 6.45) is 4.99. The van der Waals surface area contributed by atoms with Gasteiger partial charge in [-0.25, -0.2) is 17.5 Å². The lowest BCUT2D eigenvalue weighted by Gasteiger charge is -2.32. The zero-order valence-electron chi connectivity index (χ0n) is 14.2. The summed E-state index contributed by atoms with van der Waals surface area (Å²) < 4.78 is 41.5. The Hall–Kier alpha value is -1.83. The van der Waals surface area contributed by atoms with Crippen LogP contribution in [0.5, 0.6) is 0 Å². The number of nitrogens with zero attached hydrogens (tertiary/aromatic N) is 2. The van der Waals surface area contributed by atoms with Crippen molar-refractivity contribution in [3.05, 3.63) is 59.7 Å². The third-order valence-electron chi connectivity index (χ3n) is 4.41. The topological polar surface area (TPSA) is 62.3 Å². The molecule has 1 aliphatic rings. The quantitative estimate of drug-likeness (QED) is 0.886. The predicted octanol–water partition coefficient (Wildman–Crippen LogP) is 2.47. The van der Waals surface area contributed by atoms with E-state index >= 15 is 0 Å². The first kappa shape index (κ1) is 18.0. The fraction of sp³-hybridized carbons (Fsp3) is 0.389. The molecule has 1 aliphatic heterocycles. The third kappa shape index (κ3) is 4.62. The van der Waals surface area contributed by atoms with Crippen molar-refractivity contribution in [1.82, 2.24) is 14.6 Å². The molecular weight excluding hydrogens is 341 g/mol. The number of sulfonamides is 1. The first-order chi connectivity index (χ1) is 11.9. The minimum absolute atomic E-state index is 0.171. The van der Waals surface area contributed by atoms with Crippen LogP contribution in [0.3, 0.4) is 0 Å². The highest BCUT2D eigenvalue weighted by Gasteiger charge is 2.26. The van der Waals surface area contributed by atoms with Crippen LogP contribution in [0.1, 0.15) is 24.0 Å². The number of benzene rings is 1. The van der Waals surface area contributed by atoms with Crippen molar-refractivity contribution in [2.24, 2.45) is 0 Å². The molecule has 1 saturated heterocycles. The summed E-state index contributed by atoms with van der Waals surface area (Å²) in [5.74, 6) is -0.716. The van der Waals surface area contributed by atoms with Crippen LogP contribution >= 0.6 is 0 Å². The Bertz CT molecular complexity index is 819. The number of halogens is 1. The van der Waals surface area contributed by atoms with Crippen molar-refractivity contribution >= 4 is 10.0 Å². The van der Waals surface area contributed by atoms with Crippen molar-refractivity contribution in [2.45, 2.75) is 37.2 Å². The fourth-order valence-electron chi connectivity index (χ4n) is 3.06. The number of piperidine rings is 1. The summed E-state index contributed by atoms with van der Waals surface area (Å²) in [5.41, 5.74) is 1.86. The highest BCUT2D eigenvalue weighted by molar-refractivity contribution is 7.89. The van der Waals surface area contributed by atoms with Crippen molar-refractivity contribution < 1.29 is 12.8 Å². The predicted molar refractivity (Wildman–Crippen MR) is 94.0 cm³/mol. The number of rotatable bonds is 5. The minimum atomic E-state index is -3.84. The summed E-state index contributed by atoms with van der Waals surface area (Å²) in [6.45, 7) is 4.13. The number of nitrogens with one attached hydrogen (secondary N) is 1. The molecule has 3 rings (SSSR count). The molecule has 7 heteroatoms. The van der Waals surface area contributed by atoms with Gasteiger partial charge in [0.25, 0.3) is 0 Å². The maximum absolute atomic E-state index is 13.9. The molecule has 0 amide bonds. The van der Waals surface area contributed by atoms with Crippen molar-refractivity contribution in [3.8, 4) is 0 Å². The number of hydrogen-bond donors (Lipinski definition) is 1. The lowest BCUT2D eigenvalue weighted by molar-refractivity contribution is 0.199. The number of hydrogen-bond acceptors (Lipinski definition) is 4. The molecule has 0 unspecified atom stereocenters. The normalized spacial score (nSPS) is 16.9. The summed E-state index contributed by atoms with van der Waals surface area (Å²) in [7, 11) is -3.84. The Morgan fingerprint density at radius 1 is 1.28 bits per heavy atom. The Balaban J connectivity index is 1.59. The molecule has 1 N–H and O–H groups in total. The molecule has 2 aromatic rings. The lowest BCUT2D eigenvalue weighted by Crippen LogP contribution is -2.44. The zero-order valence-corrected chi connectivity index (χ0v) is 15.0. The number of pyridine rings is 1. The number of aromatic nitrogens is 1. The van der Waals surface area contributed by atoms with E-state index in [-0.39, 0.29) is 10.9 Å². The summed E-state index contributed by atoms with van der Waals surface area (Å²) >= 11 is 0. The molecule has 25 heavy (non-hydrogen) atoms. The molecule has 1 aromatic carbocycles. The molecule has 2 heterocycles. The second kappa shape index (κ2) is 7.59. The van der Waals surface area contributed by atoms with Crippen LogP contribution in [0.4, 0.5) is 4.39 Å². The maximum atomic E-state index is 13.9. The molecule has 0 aliphatic carbocycles. The van der Waals surface area contributed by atoms with Gasteiger partial charge < -0.3 is 0 Å². The van der Waals surface area contributed by atoms with Crippen LogP contribution < -0.4 is 4.72 Å². The Kier molecular flexibility index (Phi) is 5.46. The van der Waals surface area contributed by atoms with Crippen LogP contribution in [-0.4, -0.2) is 37.4 Å². The molecule has 5 nitrogen and oxygen atoms in total. The highest BCUT2D eigenvalue weighted by atomic mass is 32.2. The molecule has 1 fully saturated rings. The van der Waals surface area contributed by atoms with E-state index < -0.39 is 15.8 Å². The Labute approximate surface area is 147 Å². The standard InChI is InChI=1S/C18H22FN3O2S/c1-14-4-5-17(19)18(11-14)25(23,24)21-16-6-9-22(10-7-16)13-15-3-2-8-20-12-15/h2-5,8,11-12,16,21H,6-7,9-10,13H2,1H3. The van der Waals surface area contributed by atoms with Gasteiger partial charge >= 0.3 is 0 Å². The minimum Gasteiger partial charge on any atom is -0.299 e. The molecule has 0 spiro atoms. The highest BCUT2D eigenvalue weighted by Crippen LogP contribution is 2.19. The fourth-order valence-corrected chi connectivity index (χ4v) is 4.53. The van der Waals surface area contributed by atoms with E-state index in [4.69, 9.17) is 0 Å². The average molecular weight is 363 g/mol. The van der Waals surface area contributed by atoms with Gasteiger partial charge in [-0.1, -0.05) is 12.1 Å². The van der Waals surface area contributed by atoms with E-state index in [1.165, 1.54) is 12.1 Å². The molecular formula is C18H22FN3O2S. The van der Waals surface area contributed by atoms with E-state index in [9.17, 15) is 12.8 Å². The first-order valence-corrected chi connectivity index (χ1v) is 9.82. The van der Waals surface area contributed by atoms with Crippen LogP contribution in [-0.2, 0) is 16.6 Å². The van der Waals surface area contributed by atoms with Gasteiger partial charge in [0.05, 0.1) is 0 Å². The van der Waals surface area contributed by atoms with Gasteiger partial charge in [-0.15, -0.1) is 0 Å². The van der Waals surface area contributed by atoms with Crippen LogP contribution in [0, 0.1) is 12.7 Å². The first-order valence-electron chi connectivity index (χ1n) is 8.34. The molecule has 0 bridgehead atoms. The summed E-state index contributed by atoms with van der Waals surface area (Å²) in [6, 6.07) is 7.89. The monoisotopic (exact) mass is 363 g/mol. The van der Waals surface area contributed by atoms with Crippen LogP contribution in [0.25, 0.3) is 0 Å². The molecule has 0 atom stereocenters. The van der Waals surface area contributed by atoms with Crippen molar-refractivity contribution in [2.75, 3.05) is 13.1 Å². The SMILES string of the molecule is Cc1ccc(F)c(S(=O)(=O)NC2CCN(Cc3cccnc3)CC2)c1. The van der Waals surface area contributed by atoms with Gasteiger partial charge in [0.15, 0.2) is 0 Å². The van der Waals surface area contributed by atoms with Gasteiger partial charge in [-0.2, -0.15) is 0 Å². The molecule has 1 aromatic heterocycles. The summed E-state index contributed by atoms with van der Waals surface area (Å²) in [5, 5.41) is 0. The van der Waals surface area contributed by atoms with Gasteiger partial charge in [-0.3, -0.25) is 9.88 Å². The Morgan fingerprint density at radius 3 is 2.72 bits per heavy atom. The van der Waals surface area contributed by atoms with Gasteiger partial charge in [-0.05, 0) is 49.1 Å². The maximum Gasteiger partial charge on any atom is 0.243 e. The smallest absolute Gasteiger partial charge is 0.243 e. The number of aryl methyl sites for hydroxylation is 1. The average Bonchev–Trinajstić information content (AvgIpc) is 2.59. The lowest BCUT2D eigenvalue weighted by atomic mass is 10.1. The second-order valence-corrected chi connectivity index (χ2v) is 8.15.